The van der Waals surface area contributed by atoms with Crippen molar-refractivity contribution < 1.29 is 42.7 Å². The van der Waals surface area contributed by atoms with E-state index in [1.807, 2.05) is 0 Å². The van der Waals surface area contributed by atoms with Crippen molar-refractivity contribution in [3.63, 3.8) is 0 Å². The molecule has 0 aliphatic carbocycles. The minimum absolute atomic E-state index is 0.0199. The maximum atomic E-state index is 12.7. The summed E-state index contributed by atoms with van der Waals surface area (Å²) >= 11 is 0. The normalized spacial score (nSPS) is 13.8. The molecule has 11 heteroatoms. The Hall–Kier alpha value is -1.29. The van der Waals surface area contributed by atoms with Gasteiger partial charge in [-0.1, -0.05) is 212 Å². The van der Waals surface area contributed by atoms with Gasteiger partial charge in [-0.15, -0.1) is 0 Å². The fraction of sp³-hybridized carbons (Fsp3) is 0.917. The molecule has 10 nitrogen and oxygen atoms in total. The van der Waals surface area contributed by atoms with Crippen LogP contribution in [0.4, 0.5) is 0 Å². The summed E-state index contributed by atoms with van der Waals surface area (Å²) in [7, 11) is -4.62. The number of unbranched alkanes of at least 4 members (excludes halogenated alkanes) is 32. The summed E-state index contributed by atoms with van der Waals surface area (Å²) in [4.78, 5) is 33.6. The largest absolute Gasteiger partial charge is 0.480 e. The predicted molar refractivity (Wildman–Crippen MR) is 245 cm³/mol. The number of carbonyl (C=O) groups excluding carboxylic acids is 1. The Balaban J connectivity index is 4.09. The zero-order valence-electron chi connectivity index (χ0n) is 38.4. The molecule has 0 bridgehead atoms. The number of rotatable bonds is 48. The van der Waals surface area contributed by atoms with Crippen LogP contribution < -0.4 is 5.73 Å². The summed E-state index contributed by atoms with van der Waals surface area (Å²) in [5.74, 6) is -1.78. The quantitative estimate of drug-likeness (QED) is 0.0233. The van der Waals surface area contributed by atoms with Crippen molar-refractivity contribution >= 4 is 19.8 Å². The highest BCUT2D eigenvalue weighted by atomic mass is 31.2. The molecule has 0 saturated carbocycles. The number of aliphatic carboxylic acids is 1. The number of hydrogen-bond acceptors (Lipinski definition) is 8. The number of carboxylic acid groups (broad SMARTS) is 1. The SMILES string of the molecule is CCCCCCCC/C=C\CCCCCCCC(=O)OC(COCCCCCCCCCCCCCCCCCCCCCCCC)COP(=O)(O)OCC(N)C(=O)O. The highest BCUT2D eigenvalue weighted by molar-refractivity contribution is 7.47. The third-order valence-electron chi connectivity index (χ3n) is 11.0. The van der Waals surface area contributed by atoms with Crippen LogP contribution in [0.3, 0.4) is 0 Å². The Labute approximate surface area is 362 Å². The first kappa shape index (κ1) is 57.7. The van der Waals surface area contributed by atoms with Gasteiger partial charge in [0.25, 0.3) is 0 Å². The summed E-state index contributed by atoms with van der Waals surface area (Å²) in [6.45, 7) is 3.92. The molecule has 4 N–H and O–H groups in total. The van der Waals surface area contributed by atoms with Crippen molar-refractivity contribution in [1.82, 2.24) is 0 Å². The van der Waals surface area contributed by atoms with E-state index in [-0.39, 0.29) is 13.0 Å². The van der Waals surface area contributed by atoms with Crippen LogP contribution in [0.1, 0.15) is 245 Å². The fourth-order valence-electron chi connectivity index (χ4n) is 7.19. The van der Waals surface area contributed by atoms with Gasteiger partial charge in [0.1, 0.15) is 12.1 Å². The van der Waals surface area contributed by atoms with E-state index >= 15 is 0 Å². The maximum Gasteiger partial charge on any atom is 0.472 e. The number of allylic oxidation sites excluding steroid dienone is 2. The highest BCUT2D eigenvalue weighted by Crippen LogP contribution is 2.43. The van der Waals surface area contributed by atoms with Gasteiger partial charge in [0.15, 0.2) is 0 Å². The smallest absolute Gasteiger partial charge is 0.472 e. The van der Waals surface area contributed by atoms with Crippen LogP contribution in [-0.2, 0) is 32.7 Å². The molecule has 0 aromatic carbocycles. The van der Waals surface area contributed by atoms with Crippen molar-refractivity contribution in [1.29, 1.82) is 0 Å². The number of carboxylic acids is 1. The van der Waals surface area contributed by atoms with Gasteiger partial charge in [0, 0.05) is 13.0 Å². The van der Waals surface area contributed by atoms with Gasteiger partial charge in [-0.2, -0.15) is 0 Å². The topological polar surface area (TPSA) is 155 Å². The molecule has 3 unspecified atom stereocenters. The van der Waals surface area contributed by atoms with Crippen LogP contribution in [-0.4, -0.2) is 60.5 Å². The van der Waals surface area contributed by atoms with E-state index in [1.54, 1.807) is 0 Å². The van der Waals surface area contributed by atoms with Gasteiger partial charge < -0.3 is 25.2 Å². The second-order valence-electron chi connectivity index (χ2n) is 17.0. The first-order valence-electron chi connectivity index (χ1n) is 24.7. The molecule has 0 heterocycles. The highest BCUT2D eigenvalue weighted by Gasteiger charge is 2.27. The van der Waals surface area contributed by atoms with Crippen LogP contribution in [0.5, 0.6) is 0 Å². The van der Waals surface area contributed by atoms with Crippen molar-refractivity contribution in [3.8, 4) is 0 Å². The molecule has 0 radical (unpaired) electrons. The minimum Gasteiger partial charge on any atom is -0.480 e. The molecule has 0 aromatic heterocycles. The minimum atomic E-state index is -4.62. The van der Waals surface area contributed by atoms with E-state index in [1.165, 1.54) is 167 Å². The lowest BCUT2D eigenvalue weighted by Gasteiger charge is -2.20. The summed E-state index contributed by atoms with van der Waals surface area (Å²) in [5.41, 5.74) is 5.37. The summed E-state index contributed by atoms with van der Waals surface area (Å²) in [6.07, 6.45) is 48.4. The molecule has 0 saturated heterocycles. The van der Waals surface area contributed by atoms with Crippen LogP contribution in [0.25, 0.3) is 0 Å². The number of nitrogens with two attached hydrogens (primary N) is 1. The molecular weight excluding hydrogens is 766 g/mol. The number of phosphoric acid groups is 1. The van der Waals surface area contributed by atoms with Gasteiger partial charge in [-0.05, 0) is 38.5 Å². The Bertz CT molecular complexity index is 998. The molecule has 59 heavy (non-hydrogen) atoms. The van der Waals surface area contributed by atoms with Gasteiger partial charge in [-0.25, -0.2) is 4.57 Å². The molecule has 3 atom stereocenters. The lowest BCUT2D eigenvalue weighted by atomic mass is 10.0. The Morgan fingerprint density at radius 1 is 0.525 bits per heavy atom. The molecule has 0 rings (SSSR count). The van der Waals surface area contributed by atoms with Crippen LogP contribution in [0.2, 0.25) is 0 Å². The molecule has 0 fully saturated rings. The third-order valence-corrected chi connectivity index (χ3v) is 12.0. The number of esters is 1. The van der Waals surface area contributed by atoms with Gasteiger partial charge in [-0.3, -0.25) is 18.6 Å². The molecule has 0 aliphatic heterocycles. The number of carbonyl (C=O) groups is 2. The van der Waals surface area contributed by atoms with E-state index < -0.39 is 45.1 Å². The zero-order valence-corrected chi connectivity index (χ0v) is 39.3. The van der Waals surface area contributed by atoms with Crippen molar-refractivity contribution in [3.05, 3.63) is 12.2 Å². The Morgan fingerprint density at radius 3 is 1.29 bits per heavy atom. The average Bonchev–Trinajstić information content (AvgIpc) is 3.21. The van der Waals surface area contributed by atoms with Crippen LogP contribution in [0, 0.1) is 0 Å². The third kappa shape index (κ3) is 44.6. The van der Waals surface area contributed by atoms with Gasteiger partial charge >= 0.3 is 19.8 Å². The Kier molecular flexibility index (Phi) is 43.8. The molecule has 350 valence electrons. The lowest BCUT2D eigenvalue weighted by molar-refractivity contribution is -0.154. The monoisotopic (exact) mass is 860 g/mol. The first-order chi connectivity index (χ1) is 28.7. The summed E-state index contributed by atoms with van der Waals surface area (Å²) < 4.78 is 33.5. The lowest BCUT2D eigenvalue weighted by Crippen LogP contribution is -2.34. The van der Waals surface area contributed by atoms with Crippen molar-refractivity contribution in [2.75, 3.05) is 26.4 Å². The molecule has 0 spiro atoms. The molecule has 0 aromatic rings. The number of hydrogen-bond donors (Lipinski definition) is 3. The predicted octanol–water partition coefficient (Wildman–Crippen LogP) is 14.1. The maximum absolute atomic E-state index is 12.7. The van der Waals surface area contributed by atoms with Crippen LogP contribution in [0.15, 0.2) is 12.2 Å². The van der Waals surface area contributed by atoms with Crippen molar-refractivity contribution in [2.24, 2.45) is 5.73 Å². The van der Waals surface area contributed by atoms with Crippen molar-refractivity contribution in [2.45, 2.75) is 257 Å². The van der Waals surface area contributed by atoms with E-state index in [0.29, 0.717) is 13.0 Å². The number of ether oxygens (including phenoxy) is 2. The standard InChI is InChI=1S/C48H94NO9P/c1-3-5-7-9-11-13-15-17-19-20-21-22-23-24-25-27-29-31-33-35-37-39-41-55-42-45(43-56-59(53,54)57-44-46(49)48(51)52)58-47(50)40-38-36-34-32-30-28-26-18-16-14-12-10-8-6-4-2/h18,26,45-46H,3-17,19-25,27-44,49H2,1-2H3,(H,51,52)(H,53,54)/b26-18-. The molecule has 0 aliphatic rings. The summed E-state index contributed by atoms with van der Waals surface area (Å²) in [6, 6.07) is -1.47. The van der Waals surface area contributed by atoms with Gasteiger partial charge in [0.05, 0.1) is 19.8 Å². The van der Waals surface area contributed by atoms with E-state index in [0.717, 1.165) is 51.4 Å². The summed E-state index contributed by atoms with van der Waals surface area (Å²) in [5, 5.41) is 8.91. The number of phosphoric ester groups is 1. The fourth-order valence-corrected chi connectivity index (χ4v) is 7.97. The first-order valence-corrected chi connectivity index (χ1v) is 26.2. The molecule has 0 amide bonds. The second kappa shape index (κ2) is 44.8. The van der Waals surface area contributed by atoms with Crippen LogP contribution >= 0.6 is 7.82 Å². The average molecular weight is 860 g/mol. The van der Waals surface area contributed by atoms with E-state index in [9.17, 15) is 19.0 Å². The van der Waals surface area contributed by atoms with E-state index in [4.69, 9.17) is 29.4 Å². The van der Waals surface area contributed by atoms with E-state index in [2.05, 4.69) is 26.0 Å². The molecular formula is C48H94NO9P. The zero-order chi connectivity index (χ0) is 43.3. The second-order valence-corrected chi connectivity index (χ2v) is 18.4. The van der Waals surface area contributed by atoms with Gasteiger partial charge in [0.2, 0.25) is 0 Å². The Morgan fingerprint density at radius 2 is 0.881 bits per heavy atom.